The van der Waals surface area contributed by atoms with Gasteiger partial charge >= 0.3 is 0 Å². The van der Waals surface area contributed by atoms with Gasteiger partial charge in [-0.1, -0.05) is 48.5 Å². The van der Waals surface area contributed by atoms with Crippen molar-refractivity contribution in [1.82, 2.24) is 9.80 Å². The Kier molecular flexibility index (Phi) is 9.93. The number of hydrogen-bond donors (Lipinski definition) is 0. The minimum atomic E-state index is -0.250. The zero-order chi connectivity index (χ0) is 23.0. The molecule has 2 aliphatic rings. The van der Waals surface area contributed by atoms with E-state index >= 15 is 0 Å². The van der Waals surface area contributed by atoms with E-state index in [1.54, 1.807) is 11.9 Å². The van der Waals surface area contributed by atoms with E-state index < -0.39 is 0 Å². The van der Waals surface area contributed by atoms with Gasteiger partial charge in [0.05, 0.1) is 18.6 Å². The first-order valence-electron chi connectivity index (χ1n) is 12.1. The van der Waals surface area contributed by atoms with Gasteiger partial charge < -0.3 is 19.4 Å². The van der Waals surface area contributed by atoms with E-state index in [0.717, 1.165) is 44.6 Å². The molecule has 2 fully saturated rings. The summed E-state index contributed by atoms with van der Waals surface area (Å²) in [4.78, 5) is 31.2. The number of ether oxygens (including phenoxy) is 1. The van der Waals surface area contributed by atoms with Crippen LogP contribution in [-0.4, -0.2) is 67.5 Å². The van der Waals surface area contributed by atoms with Gasteiger partial charge in [0, 0.05) is 45.3 Å². The van der Waals surface area contributed by atoms with Crippen LogP contribution in [0.15, 0.2) is 60.7 Å². The third-order valence-corrected chi connectivity index (χ3v) is 6.74. The fourth-order valence-corrected chi connectivity index (χ4v) is 4.76. The molecule has 0 bridgehead atoms. The van der Waals surface area contributed by atoms with Gasteiger partial charge in [-0.15, -0.1) is 12.4 Å². The fraction of sp³-hybridized carbons (Fsp3) is 0.481. The minimum absolute atomic E-state index is 0. The van der Waals surface area contributed by atoms with Crippen molar-refractivity contribution in [2.75, 3.05) is 44.7 Å². The third-order valence-electron chi connectivity index (χ3n) is 6.74. The van der Waals surface area contributed by atoms with E-state index in [1.807, 2.05) is 53.4 Å². The molecule has 2 aliphatic heterocycles. The lowest BCUT2D eigenvalue weighted by Crippen LogP contribution is -2.41. The van der Waals surface area contributed by atoms with Gasteiger partial charge in [0.15, 0.2) is 0 Å². The lowest BCUT2D eigenvalue weighted by molar-refractivity contribution is -0.127. The van der Waals surface area contributed by atoms with Crippen LogP contribution in [0.5, 0.6) is 0 Å². The van der Waals surface area contributed by atoms with Crippen molar-refractivity contribution in [2.45, 2.75) is 38.4 Å². The monoisotopic (exact) mass is 485 g/mol. The molecular weight excluding hydrogens is 450 g/mol. The summed E-state index contributed by atoms with van der Waals surface area (Å²) in [7, 11) is 1.77. The maximum atomic E-state index is 13.3. The molecule has 0 aliphatic carbocycles. The van der Waals surface area contributed by atoms with E-state index in [9.17, 15) is 9.59 Å². The highest BCUT2D eigenvalue weighted by atomic mass is 35.5. The number of anilines is 1. The number of carbonyl (C=O) groups is 2. The number of para-hydroxylation sites is 1. The molecule has 2 aromatic carbocycles. The number of nitrogens with zero attached hydrogens (tertiary/aromatic N) is 3. The van der Waals surface area contributed by atoms with Crippen LogP contribution in [0.4, 0.5) is 5.69 Å². The van der Waals surface area contributed by atoms with Crippen molar-refractivity contribution in [2.24, 2.45) is 5.92 Å². The summed E-state index contributed by atoms with van der Waals surface area (Å²) >= 11 is 0. The first kappa shape index (κ1) is 26.2. The Hall–Kier alpha value is -2.41. The van der Waals surface area contributed by atoms with Crippen LogP contribution in [0.3, 0.4) is 0 Å². The van der Waals surface area contributed by atoms with Crippen LogP contribution in [-0.2, 0) is 20.9 Å². The number of piperidine rings is 1. The molecular formula is C27H36ClN3O3. The highest BCUT2D eigenvalue weighted by Gasteiger charge is 2.35. The van der Waals surface area contributed by atoms with Crippen LogP contribution in [0.1, 0.15) is 31.2 Å². The van der Waals surface area contributed by atoms with E-state index in [2.05, 4.69) is 17.0 Å². The van der Waals surface area contributed by atoms with Crippen molar-refractivity contribution in [3.05, 3.63) is 66.2 Å². The molecule has 1 unspecified atom stereocenters. The van der Waals surface area contributed by atoms with Crippen molar-refractivity contribution < 1.29 is 14.3 Å². The predicted molar refractivity (Wildman–Crippen MR) is 137 cm³/mol. The maximum Gasteiger partial charge on any atom is 0.232 e. The second kappa shape index (κ2) is 12.9. The summed E-state index contributed by atoms with van der Waals surface area (Å²) < 4.78 is 6.11. The predicted octanol–water partition coefficient (Wildman–Crippen LogP) is 3.99. The number of carbonyl (C=O) groups excluding carboxylic acids is 2. The molecule has 184 valence electrons. The molecule has 0 saturated carbocycles. The molecule has 2 heterocycles. The molecule has 4 rings (SSSR count). The topological polar surface area (TPSA) is 53.1 Å². The Balaban J connectivity index is 0.00000324. The summed E-state index contributed by atoms with van der Waals surface area (Å²) in [6, 6.07) is 20.2. The number of hydrogen-bond acceptors (Lipinski definition) is 4. The first-order chi connectivity index (χ1) is 16.1. The number of benzene rings is 2. The van der Waals surface area contributed by atoms with Crippen LogP contribution >= 0.6 is 12.4 Å². The standard InChI is InChI=1S/C27H35N3O3.ClH/c1-28-20-23(19-26(28)31)27(32)30(24-11-6-3-7-12-24)16-8-15-29-17-13-25(14-18-29)33-21-22-9-4-2-5-10-22;/h2-7,9-12,23,25H,8,13-21H2,1H3;1H. The highest BCUT2D eigenvalue weighted by Crippen LogP contribution is 2.23. The Labute approximate surface area is 209 Å². The van der Waals surface area contributed by atoms with Gasteiger partial charge in [-0.2, -0.15) is 0 Å². The number of halogens is 1. The number of likely N-dealkylation sites (tertiary alicyclic amines) is 2. The molecule has 0 N–H and O–H groups in total. The number of rotatable bonds is 9. The van der Waals surface area contributed by atoms with Crippen molar-refractivity contribution in [3.63, 3.8) is 0 Å². The van der Waals surface area contributed by atoms with Gasteiger partial charge in [-0.25, -0.2) is 0 Å². The zero-order valence-electron chi connectivity index (χ0n) is 20.0. The summed E-state index contributed by atoms with van der Waals surface area (Å²) in [6.07, 6.45) is 3.64. The normalized spacial score (nSPS) is 19.1. The Bertz CT molecular complexity index is 904. The van der Waals surface area contributed by atoms with Crippen LogP contribution in [0.2, 0.25) is 0 Å². The SMILES string of the molecule is CN1CC(C(=O)N(CCCN2CCC(OCc3ccccc3)CC2)c2ccccc2)CC1=O.Cl. The average Bonchev–Trinajstić information content (AvgIpc) is 3.20. The number of amides is 2. The molecule has 0 spiro atoms. The zero-order valence-corrected chi connectivity index (χ0v) is 20.8. The second-order valence-electron chi connectivity index (χ2n) is 9.19. The molecule has 6 nitrogen and oxygen atoms in total. The summed E-state index contributed by atoms with van der Waals surface area (Å²) in [5.74, 6) is -0.133. The highest BCUT2D eigenvalue weighted by molar-refractivity contribution is 5.98. The quantitative estimate of drug-likeness (QED) is 0.539. The van der Waals surface area contributed by atoms with Crippen LogP contribution < -0.4 is 4.90 Å². The average molecular weight is 486 g/mol. The van der Waals surface area contributed by atoms with Gasteiger partial charge in [0.2, 0.25) is 11.8 Å². The van der Waals surface area contributed by atoms with Gasteiger partial charge in [-0.05, 0) is 43.5 Å². The molecule has 0 aromatic heterocycles. The fourth-order valence-electron chi connectivity index (χ4n) is 4.76. The molecule has 0 radical (unpaired) electrons. The minimum Gasteiger partial charge on any atom is -0.373 e. The van der Waals surface area contributed by atoms with Crippen molar-refractivity contribution in [3.8, 4) is 0 Å². The van der Waals surface area contributed by atoms with Crippen LogP contribution in [0, 0.1) is 5.92 Å². The van der Waals surface area contributed by atoms with Crippen molar-refractivity contribution in [1.29, 1.82) is 0 Å². The Morgan fingerprint density at radius 3 is 2.29 bits per heavy atom. The van der Waals surface area contributed by atoms with E-state index in [1.165, 1.54) is 5.56 Å². The van der Waals surface area contributed by atoms with Gasteiger partial charge in [-0.3, -0.25) is 9.59 Å². The maximum absolute atomic E-state index is 13.3. The largest absolute Gasteiger partial charge is 0.373 e. The first-order valence-corrected chi connectivity index (χ1v) is 12.1. The van der Waals surface area contributed by atoms with Crippen LogP contribution in [0.25, 0.3) is 0 Å². The molecule has 34 heavy (non-hydrogen) atoms. The summed E-state index contributed by atoms with van der Waals surface area (Å²) in [5, 5.41) is 0. The summed E-state index contributed by atoms with van der Waals surface area (Å²) in [6.45, 7) is 4.88. The molecule has 2 aromatic rings. The third kappa shape index (κ3) is 7.05. The van der Waals surface area contributed by atoms with Gasteiger partial charge in [0.1, 0.15) is 0 Å². The lowest BCUT2D eigenvalue weighted by atomic mass is 10.1. The second-order valence-corrected chi connectivity index (χ2v) is 9.19. The van der Waals surface area contributed by atoms with E-state index in [0.29, 0.717) is 32.2 Å². The molecule has 2 amide bonds. The molecule has 7 heteroatoms. The van der Waals surface area contributed by atoms with E-state index in [-0.39, 0.29) is 30.1 Å². The smallest absolute Gasteiger partial charge is 0.232 e. The molecule has 2 saturated heterocycles. The van der Waals surface area contributed by atoms with Gasteiger partial charge in [0.25, 0.3) is 0 Å². The Morgan fingerprint density at radius 1 is 1.03 bits per heavy atom. The van der Waals surface area contributed by atoms with E-state index in [4.69, 9.17) is 4.74 Å². The van der Waals surface area contributed by atoms with Crippen molar-refractivity contribution >= 4 is 29.9 Å². The Morgan fingerprint density at radius 2 is 1.68 bits per heavy atom. The lowest BCUT2D eigenvalue weighted by Gasteiger charge is -2.33. The summed E-state index contributed by atoms with van der Waals surface area (Å²) in [5.41, 5.74) is 2.14. The molecule has 1 atom stereocenters.